The van der Waals surface area contributed by atoms with Gasteiger partial charge in [0, 0.05) is 21.8 Å². The van der Waals surface area contributed by atoms with E-state index in [0.29, 0.717) is 0 Å². The molecule has 11 aromatic carbocycles. The van der Waals surface area contributed by atoms with Crippen molar-refractivity contribution in [3.63, 3.8) is 0 Å². The third kappa shape index (κ3) is 4.58. The number of hydrogen-bond donors (Lipinski definition) is 0. The molecular weight excluding hydrogens is 725 g/mol. The first-order chi connectivity index (χ1) is 29.5. The highest BCUT2D eigenvalue weighted by atomic mass is 16.3. The van der Waals surface area contributed by atoms with E-state index in [1.165, 1.54) is 115 Å². The van der Waals surface area contributed by atoms with Gasteiger partial charge in [-0.3, -0.25) is 0 Å². The van der Waals surface area contributed by atoms with Crippen molar-refractivity contribution in [1.29, 1.82) is 0 Å². The fourth-order valence-corrected chi connectivity index (χ4v) is 10.9. The first-order valence-electron chi connectivity index (χ1n) is 21.0. The second-order valence-electron chi connectivity index (χ2n) is 17.1. The maximum absolute atomic E-state index is 6.81. The van der Waals surface area contributed by atoms with E-state index in [-0.39, 0.29) is 5.41 Å². The molecule has 0 radical (unpaired) electrons. The molecule has 1 nitrogen and oxygen atoms in total. The van der Waals surface area contributed by atoms with Crippen LogP contribution in [0.25, 0.3) is 120 Å². The quantitative estimate of drug-likeness (QED) is 0.163. The Kier molecular flexibility index (Phi) is 6.85. The Bertz CT molecular complexity index is 3740. The van der Waals surface area contributed by atoms with Crippen LogP contribution in [-0.4, -0.2) is 0 Å². The van der Waals surface area contributed by atoms with Crippen molar-refractivity contribution in [2.45, 2.75) is 19.3 Å². The minimum absolute atomic E-state index is 0.142. The Hall–Kier alpha value is -7.48. The molecular formula is C59H38O. The lowest BCUT2D eigenvalue weighted by Gasteiger charge is -2.21. The zero-order valence-corrected chi connectivity index (χ0v) is 33.4. The molecule has 0 unspecified atom stereocenters. The molecule has 0 atom stereocenters. The first-order valence-corrected chi connectivity index (χ1v) is 21.0. The summed E-state index contributed by atoms with van der Waals surface area (Å²) in [6.07, 6.45) is 0. The van der Waals surface area contributed by atoms with Crippen LogP contribution in [0.3, 0.4) is 0 Å². The predicted molar refractivity (Wildman–Crippen MR) is 255 cm³/mol. The van der Waals surface area contributed by atoms with Crippen LogP contribution in [0.2, 0.25) is 0 Å². The van der Waals surface area contributed by atoms with Gasteiger partial charge in [-0.05, 0) is 128 Å². The standard InChI is InChI=1S/C59H38O/c1-59(2)53-25-12-11-19-43(53)50-30-31-51-52-33-38-32-37(27-26-36(38)34-54(52)60-58(51)57(50)59)40-28-29-49(42-18-6-5-17-41(40)42)56-47-22-9-7-20-45(47)55(46-21-8-10-23-48(46)56)44-24-13-15-35-14-3-4-16-39(35)44/h3-34H,1-2H3. The van der Waals surface area contributed by atoms with Crippen LogP contribution in [0, 0.1) is 0 Å². The van der Waals surface area contributed by atoms with Crippen molar-refractivity contribution < 1.29 is 4.42 Å². The van der Waals surface area contributed by atoms with E-state index in [4.69, 9.17) is 4.42 Å². The molecule has 1 aliphatic rings. The molecule has 60 heavy (non-hydrogen) atoms. The molecule has 12 aromatic rings. The Labute approximate surface area is 347 Å². The lowest BCUT2D eigenvalue weighted by atomic mass is 9.82. The molecule has 1 heteroatoms. The van der Waals surface area contributed by atoms with Crippen molar-refractivity contribution in [2.75, 3.05) is 0 Å². The molecule has 0 bridgehead atoms. The Balaban J connectivity index is 0.997. The highest BCUT2D eigenvalue weighted by molar-refractivity contribution is 6.26. The second kappa shape index (κ2) is 12.3. The molecule has 0 amide bonds. The van der Waals surface area contributed by atoms with Crippen LogP contribution in [0.15, 0.2) is 199 Å². The number of rotatable bonds is 3. The first kappa shape index (κ1) is 33.5. The van der Waals surface area contributed by atoms with Gasteiger partial charge in [0.25, 0.3) is 0 Å². The molecule has 0 spiro atoms. The number of hydrogen-bond acceptors (Lipinski definition) is 1. The summed E-state index contributed by atoms with van der Waals surface area (Å²) in [4.78, 5) is 0. The van der Waals surface area contributed by atoms with E-state index in [9.17, 15) is 0 Å². The normalized spacial score (nSPS) is 13.3. The van der Waals surface area contributed by atoms with E-state index in [1.807, 2.05) is 0 Å². The van der Waals surface area contributed by atoms with Gasteiger partial charge in [-0.25, -0.2) is 0 Å². The summed E-state index contributed by atoms with van der Waals surface area (Å²) >= 11 is 0. The summed E-state index contributed by atoms with van der Waals surface area (Å²) in [5.74, 6) is 0. The van der Waals surface area contributed by atoms with Crippen molar-refractivity contribution >= 4 is 75.8 Å². The number of fused-ring (bicyclic) bond motifs is 12. The smallest absolute Gasteiger partial charge is 0.140 e. The van der Waals surface area contributed by atoms with Gasteiger partial charge in [-0.2, -0.15) is 0 Å². The van der Waals surface area contributed by atoms with Crippen molar-refractivity contribution in [1.82, 2.24) is 0 Å². The third-order valence-electron chi connectivity index (χ3n) is 13.6. The van der Waals surface area contributed by atoms with Crippen LogP contribution in [-0.2, 0) is 5.41 Å². The van der Waals surface area contributed by atoms with E-state index in [2.05, 4.69) is 208 Å². The van der Waals surface area contributed by atoms with Crippen molar-refractivity contribution in [3.05, 3.63) is 205 Å². The second-order valence-corrected chi connectivity index (χ2v) is 17.1. The van der Waals surface area contributed by atoms with Crippen molar-refractivity contribution in [2.24, 2.45) is 0 Å². The molecule has 1 heterocycles. The molecule has 0 N–H and O–H groups in total. The fourth-order valence-electron chi connectivity index (χ4n) is 10.9. The van der Waals surface area contributed by atoms with Crippen LogP contribution < -0.4 is 0 Å². The highest BCUT2D eigenvalue weighted by Gasteiger charge is 2.38. The highest BCUT2D eigenvalue weighted by Crippen LogP contribution is 2.53. The number of furan rings is 1. The minimum atomic E-state index is -0.142. The fraction of sp³-hybridized carbons (Fsp3) is 0.0508. The van der Waals surface area contributed by atoms with E-state index < -0.39 is 0 Å². The van der Waals surface area contributed by atoms with Gasteiger partial charge in [-0.15, -0.1) is 0 Å². The van der Waals surface area contributed by atoms with Crippen LogP contribution in [0.1, 0.15) is 25.0 Å². The Morgan fingerprint density at radius 1 is 0.333 bits per heavy atom. The van der Waals surface area contributed by atoms with E-state index in [0.717, 1.165) is 16.6 Å². The monoisotopic (exact) mass is 762 g/mol. The van der Waals surface area contributed by atoms with Crippen LogP contribution in [0.4, 0.5) is 0 Å². The minimum Gasteiger partial charge on any atom is -0.456 e. The van der Waals surface area contributed by atoms with Crippen LogP contribution in [0.5, 0.6) is 0 Å². The van der Waals surface area contributed by atoms with Gasteiger partial charge >= 0.3 is 0 Å². The molecule has 280 valence electrons. The van der Waals surface area contributed by atoms with Crippen LogP contribution >= 0.6 is 0 Å². The van der Waals surface area contributed by atoms with Gasteiger partial charge in [0.05, 0.1) is 0 Å². The lowest BCUT2D eigenvalue weighted by molar-refractivity contribution is 0.620. The third-order valence-corrected chi connectivity index (χ3v) is 13.6. The lowest BCUT2D eigenvalue weighted by Crippen LogP contribution is -2.15. The Morgan fingerprint density at radius 2 is 0.883 bits per heavy atom. The summed E-state index contributed by atoms with van der Waals surface area (Å²) < 4.78 is 6.81. The summed E-state index contributed by atoms with van der Waals surface area (Å²) in [5, 5.41) is 14.8. The molecule has 0 saturated heterocycles. The summed E-state index contributed by atoms with van der Waals surface area (Å²) in [6, 6.07) is 71.9. The van der Waals surface area contributed by atoms with Gasteiger partial charge in [0.1, 0.15) is 11.2 Å². The topological polar surface area (TPSA) is 13.1 Å². The molecule has 13 rings (SSSR count). The molecule has 0 saturated carbocycles. The summed E-state index contributed by atoms with van der Waals surface area (Å²) in [5.41, 5.74) is 14.6. The summed E-state index contributed by atoms with van der Waals surface area (Å²) in [7, 11) is 0. The number of benzene rings is 11. The van der Waals surface area contributed by atoms with E-state index in [1.54, 1.807) is 0 Å². The molecule has 0 aliphatic heterocycles. The maximum atomic E-state index is 6.81. The zero-order chi connectivity index (χ0) is 39.7. The molecule has 1 aliphatic carbocycles. The summed E-state index contributed by atoms with van der Waals surface area (Å²) in [6.45, 7) is 4.66. The molecule has 0 fully saturated rings. The predicted octanol–water partition coefficient (Wildman–Crippen LogP) is 16.7. The van der Waals surface area contributed by atoms with Gasteiger partial charge in [-0.1, -0.05) is 184 Å². The van der Waals surface area contributed by atoms with Gasteiger partial charge in [0.15, 0.2) is 0 Å². The zero-order valence-electron chi connectivity index (χ0n) is 33.4. The van der Waals surface area contributed by atoms with E-state index >= 15 is 0 Å². The SMILES string of the molecule is CC1(C)c2ccccc2-c2ccc3c(oc4cc5ccc(-c6ccc(-c7c8ccccc8c(-c8cccc9ccccc89)c8ccccc78)c7ccccc67)cc5cc43)c21. The molecule has 1 aromatic heterocycles. The van der Waals surface area contributed by atoms with Crippen molar-refractivity contribution in [3.8, 4) is 44.5 Å². The average Bonchev–Trinajstić information content (AvgIpc) is 3.77. The van der Waals surface area contributed by atoms with Gasteiger partial charge in [0.2, 0.25) is 0 Å². The largest absolute Gasteiger partial charge is 0.456 e. The average molecular weight is 763 g/mol. The maximum Gasteiger partial charge on any atom is 0.140 e. The Morgan fingerprint density at radius 3 is 1.62 bits per heavy atom. The van der Waals surface area contributed by atoms with Gasteiger partial charge < -0.3 is 4.42 Å².